The van der Waals surface area contributed by atoms with E-state index < -0.39 is 0 Å². The largest absolute Gasteiger partial charge is 0.272 e. The average Bonchev–Trinajstić information content (AvgIpc) is 2.28. The maximum Gasteiger partial charge on any atom is 0.272 e. The maximum absolute atomic E-state index is 10.9. The van der Waals surface area contributed by atoms with E-state index in [0.29, 0.717) is 0 Å². The van der Waals surface area contributed by atoms with Gasteiger partial charge in [0, 0.05) is 11.6 Å². The lowest BCUT2D eigenvalue weighted by Gasteiger charge is -2.08. The van der Waals surface area contributed by atoms with Gasteiger partial charge in [-0.3, -0.25) is 10.1 Å². The predicted molar refractivity (Wildman–Crippen MR) is 65.7 cm³/mol. The van der Waals surface area contributed by atoms with Gasteiger partial charge in [0.1, 0.15) is 0 Å². The lowest BCUT2D eigenvalue weighted by Crippen LogP contribution is -1.98. The van der Waals surface area contributed by atoms with E-state index in [9.17, 15) is 10.1 Å². The van der Waals surface area contributed by atoms with Crippen molar-refractivity contribution in [3.63, 3.8) is 0 Å². The van der Waals surface area contributed by atoms with Gasteiger partial charge in [-0.1, -0.05) is 38.5 Å². The van der Waals surface area contributed by atoms with Gasteiger partial charge in [-0.05, 0) is 17.9 Å². The monoisotopic (exact) mass is 219 g/mol. The van der Waals surface area contributed by atoms with Gasteiger partial charge in [0.05, 0.1) is 4.92 Å². The molecule has 0 saturated heterocycles. The van der Waals surface area contributed by atoms with Gasteiger partial charge >= 0.3 is 0 Å². The Morgan fingerprint density at radius 1 is 1.56 bits per heavy atom. The topological polar surface area (TPSA) is 43.1 Å². The van der Waals surface area contributed by atoms with Crippen molar-refractivity contribution in [2.75, 3.05) is 0 Å². The Morgan fingerprint density at radius 3 is 2.75 bits per heavy atom. The zero-order valence-corrected chi connectivity index (χ0v) is 9.77. The summed E-state index contributed by atoms with van der Waals surface area (Å²) < 4.78 is 0. The molecule has 0 heterocycles. The molecular weight excluding hydrogens is 202 g/mol. The molecule has 3 heteroatoms. The molecule has 0 aromatic heterocycles. The summed E-state index contributed by atoms with van der Waals surface area (Å²) in [7, 11) is 0. The number of benzene rings is 1. The van der Waals surface area contributed by atoms with Crippen molar-refractivity contribution in [1.29, 1.82) is 0 Å². The Labute approximate surface area is 95.9 Å². The molecule has 1 aromatic carbocycles. The smallest absolute Gasteiger partial charge is 0.258 e. The fourth-order valence-corrected chi connectivity index (χ4v) is 1.65. The number of allylic oxidation sites excluding steroid dienone is 1. The summed E-state index contributed by atoms with van der Waals surface area (Å²) in [5.41, 5.74) is 1.99. The minimum absolute atomic E-state index is 0.148. The highest BCUT2D eigenvalue weighted by molar-refractivity contribution is 5.45. The highest BCUT2D eigenvalue weighted by Crippen LogP contribution is 2.26. The summed E-state index contributed by atoms with van der Waals surface area (Å²) >= 11 is 0. The van der Waals surface area contributed by atoms with Crippen molar-refractivity contribution < 1.29 is 4.92 Å². The zero-order chi connectivity index (χ0) is 12.1. The van der Waals surface area contributed by atoms with E-state index >= 15 is 0 Å². The van der Waals surface area contributed by atoms with Crippen molar-refractivity contribution in [3.8, 4) is 0 Å². The molecule has 0 aliphatic rings. The van der Waals surface area contributed by atoms with E-state index in [1.807, 2.05) is 26.0 Å². The third kappa shape index (κ3) is 2.69. The number of hydrogen-bond acceptors (Lipinski definition) is 2. The third-order valence-corrected chi connectivity index (χ3v) is 2.70. The lowest BCUT2D eigenvalue weighted by molar-refractivity contribution is -0.385. The second-order valence-electron chi connectivity index (χ2n) is 3.92. The number of nitro groups is 1. The summed E-state index contributed by atoms with van der Waals surface area (Å²) in [6, 6.07) is 5.47. The van der Waals surface area contributed by atoms with E-state index in [1.54, 1.807) is 12.1 Å². The minimum Gasteiger partial charge on any atom is -0.258 e. The highest BCUT2D eigenvalue weighted by atomic mass is 16.6. The van der Waals surface area contributed by atoms with Gasteiger partial charge in [-0.2, -0.15) is 0 Å². The van der Waals surface area contributed by atoms with Crippen LogP contribution in [0, 0.1) is 10.1 Å². The van der Waals surface area contributed by atoms with Gasteiger partial charge in [-0.25, -0.2) is 0 Å². The van der Waals surface area contributed by atoms with E-state index in [4.69, 9.17) is 0 Å². The Morgan fingerprint density at radius 2 is 2.25 bits per heavy atom. The second-order valence-corrected chi connectivity index (χ2v) is 3.92. The number of hydrogen-bond donors (Lipinski definition) is 0. The molecule has 0 aliphatic carbocycles. The van der Waals surface area contributed by atoms with Crippen LogP contribution in [0.1, 0.15) is 37.3 Å². The SMILES string of the molecule is C=CC(C)c1ccc(CCC)c([N+](=O)[O-])c1. The van der Waals surface area contributed by atoms with E-state index in [2.05, 4.69) is 6.58 Å². The molecule has 0 spiro atoms. The van der Waals surface area contributed by atoms with Gasteiger partial charge in [0.25, 0.3) is 5.69 Å². The fourth-order valence-electron chi connectivity index (χ4n) is 1.65. The van der Waals surface area contributed by atoms with Crippen LogP contribution in [0.3, 0.4) is 0 Å². The van der Waals surface area contributed by atoms with Crippen LogP contribution >= 0.6 is 0 Å². The molecule has 1 atom stereocenters. The van der Waals surface area contributed by atoms with Crippen molar-refractivity contribution in [3.05, 3.63) is 52.1 Å². The van der Waals surface area contributed by atoms with Crippen molar-refractivity contribution in [1.82, 2.24) is 0 Å². The molecule has 1 unspecified atom stereocenters. The molecule has 3 nitrogen and oxygen atoms in total. The van der Waals surface area contributed by atoms with Crippen molar-refractivity contribution in [2.24, 2.45) is 0 Å². The fraction of sp³-hybridized carbons (Fsp3) is 0.385. The first-order valence-corrected chi connectivity index (χ1v) is 5.50. The molecule has 0 radical (unpaired) electrons. The highest BCUT2D eigenvalue weighted by Gasteiger charge is 2.15. The summed E-state index contributed by atoms with van der Waals surface area (Å²) in [4.78, 5) is 10.6. The van der Waals surface area contributed by atoms with Crippen LogP contribution in [0.5, 0.6) is 0 Å². The van der Waals surface area contributed by atoms with Gasteiger partial charge < -0.3 is 0 Å². The normalized spacial score (nSPS) is 12.1. The molecule has 0 fully saturated rings. The molecule has 0 amide bonds. The first-order chi connectivity index (χ1) is 7.60. The second kappa shape index (κ2) is 5.45. The first kappa shape index (κ1) is 12.4. The Hall–Kier alpha value is -1.64. The van der Waals surface area contributed by atoms with Crippen molar-refractivity contribution in [2.45, 2.75) is 32.6 Å². The molecule has 86 valence electrons. The molecule has 0 N–H and O–H groups in total. The molecule has 16 heavy (non-hydrogen) atoms. The summed E-state index contributed by atoms with van der Waals surface area (Å²) in [5, 5.41) is 10.9. The van der Waals surface area contributed by atoms with Crippen LogP contribution in [-0.2, 0) is 6.42 Å². The van der Waals surface area contributed by atoms with E-state index in [0.717, 1.165) is 24.0 Å². The Kier molecular flexibility index (Phi) is 4.23. The van der Waals surface area contributed by atoms with Crippen molar-refractivity contribution >= 4 is 5.69 Å². The van der Waals surface area contributed by atoms with Crippen LogP contribution in [-0.4, -0.2) is 4.92 Å². The standard InChI is InChI=1S/C13H17NO2/c1-4-6-11-7-8-12(10(3)5-2)9-13(11)14(15)16/h5,7-10H,2,4,6H2,1,3H3. The molecule has 0 bridgehead atoms. The van der Waals surface area contributed by atoms with Gasteiger partial charge in [0.2, 0.25) is 0 Å². The number of nitro benzene ring substituents is 1. The van der Waals surface area contributed by atoms with Gasteiger partial charge in [-0.15, -0.1) is 6.58 Å². The number of nitrogens with zero attached hydrogens (tertiary/aromatic N) is 1. The summed E-state index contributed by atoms with van der Waals surface area (Å²) in [6.07, 6.45) is 3.45. The van der Waals surface area contributed by atoms with Crippen LogP contribution in [0.15, 0.2) is 30.9 Å². The number of rotatable bonds is 5. The Balaban J connectivity index is 3.16. The van der Waals surface area contributed by atoms with E-state index in [1.165, 1.54) is 0 Å². The van der Waals surface area contributed by atoms with Crippen LogP contribution in [0.2, 0.25) is 0 Å². The molecule has 0 aliphatic heterocycles. The molecule has 0 saturated carbocycles. The summed E-state index contributed by atoms with van der Waals surface area (Å²) in [6.45, 7) is 7.70. The zero-order valence-electron chi connectivity index (χ0n) is 9.77. The third-order valence-electron chi connectivity index (χ3n) is 2.70. The van der Waals surface area contributed by atoms with Gasteiger partial charge in [0.15, 0.2) is 0 Å². The average molecular weight is 219 g/mol. The predicted octanol–water partition coefficient (Wildman–Crippen LogP) is 3.84. The number of aryl methyl sites for hydroxylation is 1. The maximum atomic E-state index is 10.9. The van der Waals surface area contributed by atoms with Crippen LogP contribution in [0.4, 0.5) is 5.69 Å². The van der Waals surface area contributed by atoms with Crippen LogP contribution in [0.25, 0.3) is 0 Å². The molecular formula is C13H17NO2. The lowest BCUT2D eigenvalue weighted by atomic mass is 9.97. The van der Waals surface area contributed by atoms with E-state index in [-0.39, 0.29) is 16.5 Å². The quantitative estimate of drug-likeness (QED) is 0.429. The summed E-state index contributed by atoms with van der Waals surface area (Å²) in [5.74, 6) is 0.148. The minimum atomic E-state index is -0.301. The molecule has 1 rings (SSSR count). The Bertz CT molecular complexity index is 399. The van der Waals surface area contributed by atoms with Crippen LogP contribution < -0.4 is 0 Å². The molecule has 1 aromatic rings. The first-order valence-electron chi connectivity index (χ1n) is 5.50.